The highest BCUT2D eigenvalue weighted by molar-refractivity contribution is 5.95. The van der Waals surface area contributed by atoms with Crippen molar-refractivity contribution in [1.29, 1.82) is 0 Å². The number of carbonyl (C=O) groups is 2. The van der Waals surface area contributed by atoms with E-state index < -0.39 is 12.6 Å². The molecular formula is C20H27NO6. The third-order valence-corrected chi connectivity index (χ3v) is 5.21. The molecule has 0 spiro atoms. The summed E-state index contributed by atoms with van der Waals surface area (Å²) in [7, 11) is 0. The smallest absolute Gasteiger partial charge is 0.341 e. The van der Waals surface area contributed by atoms with Gasteiger partial charge in [0.15, 0.2) is 18.1 Å². The minimum atomic E-state index is -1.06. The maximum Gasteiger partial charge on any atom is 0.341 e. The lowest BCUT2D eigenvalue weighted by atomic mass is 9.90. The Kier molecular flexibility index (Phi) is 6.55. The number of benzene rings is 1. The molecule has 1 aromatic rings. The maximum atomic E-state index is 13.1. The van der Waals surface area contributed by atoms with E-state index in [0.717, 1.165) is 45.4 Å². The Morgan fingerprint density at radius 2 is 1.96 bits per heavy atom. The van der Waals surface area contributed by atoms with Gasteiger partial charge in [-0.3, -0.25) is 4.79 Å². The van der Waals surface area contributed by atoms with E-state index in [-0.39, 0.29) is 11.9 Å². The third-order valence-electron chi connectivity index (χ3n) is 5.21. The summed E-state index contributed by atoms with van der Waals surface area (Å²) >= 11 is 0. The third kappa shape index (κ3) is 4.71. The second-order valence-corrected chi connectivity index (χ2v) is 6.93. The van der Waals surface area contributed by atoms with Crippen molar-refractivity contribution in [1.82, 2.24) is 4.90 Å². The summed E-state index contributed by atoms with van der Waals surface area (Å²) in [4.78, 5) is 25.9. The molecule has 1 aromatic carbocycles. The summed E-state index contributed by atoms with van der Waals surface area (Å²) in [5.41, 5.74) is 0.542. The van der Waals surface area contributed by atoms with E-state index in [1.54, 1.807) is 18.2 Å². The SMILES string of the molecule is CCOc1cc(C(=O)N2CCCC2C2CCOCC2)ccc1OCC(=O)O. The Balaban J connectivity index is 1.76. The number of amides is 1. The topological polar surface area (TPSA) is 85.3 Å². The van der Waals surface area contributed by atoms with Crippen LogP contribution in [0.25, 0.3) is 0 Å². The Labute approximate surface area is 159 Å². The monoisotopic (exact) mass is 377 g/mol. The second-order valence-electron chi connectivity index (χ2n) is 6.93. The van der Waals surface area contributed by atoms with E-state index in [0.29, 0.717) is 29.6 Å². The molecule has 1 amide bonds. The zero-order valence-electron chi connectivity index (χ0n) is 15.7. The standard InChI is InChI=1S/C20H27NO6/c1-2-26-18-12-15(5-6-17(18)27-13-19(22)23)20(24)21-9-3-4-16(21)14-7-10-25-11-8-14/h5-6,12,14,16H,2-4,7-11,13H2,1H3,(H,22,23). The van der Waals surface area contributed by atoms with Crippen molar-refractivity contribution in [3.8, 4) is 11.5 Å². The minimum absolute atomic E-state index is 0.00488. The van der Waals surface area contributed by atoms with Crippen molar-refractivity contribution in [2.75, 3.05) is 33.0 Å². The predicted molar refractivity (Wildman–Crippen MR) is 98.3 cm³/mol. The number of carboxylic acid groups (broad SMARTS) is 1. The van der Waals surface area contributed by atoms with Crippen LogP contribution in [-0.4, -0.2) is 60.9 Å². The molecule has 2 aliphatic heterocycles. The van der Waals surface area contributed by atoms with Crippen molar-refractivity contribution in [3.63, 3.8) is 0 Å². The van der Waals surface area contributed by atoms with E-state index in [2.05, 4.69) is 0 Å². The van der Waals surface area contributed by atoms with E-state index in [4.69, 9.17) is 19.3 Å². The molecule has 27 heavy (non-hydrogen) atoms. The number of hydrogen-bond donors (Lipinski definition) is 1. The number of carboxylic acids is 1. The fourth-order valence-electron chi connectivity index (χ4n) is 3.97. The van der Waals surface area contributed by atoms with Gasteiger partial charge in [-0.15, -0.1) is 0 Å². The van der Waals surface area contributed by atoms with Crippen molar-refractivity contribution in [2.24, 2.45) is 5.92 Å². The molecule has 2 aliphatic rings. The summed E-state index contributed by atoms with van der Waals surface area (Å²) in [6, 6.07) is 5.21. The van der Waals surface area contributed by atoms with Crippen LogP contribution in [0.3, 0.4) is 0 Å². The number of ether oxygens (including phenoxy) is 3. The van der Waals surface area contributed by atoms with Gasteiger partial charge in [0.2, 0.25) is 0 Å². The van der Waals surface area contributed by atoms with Crippen molar-refractivity contribution < 1.29 is 28.9 Å². The molecule has 0 saturated carbocycles. The van der Waals surface area contributed by atoms with Crippen molar-refractivity contribution in [3.05, 3.63) is 23.8 Å². The van der Waals surface area contributed by atoms with Gasteiger partial charge in [0, 0.05) is 31.4 Å². The number of likely N-dealkylation sites (tertiary alicyclic amines) is 1. The molecule has 2 heterocycles. The van der Waals surface area contributed by atoms with Crippen molar-refractivity contribution in [2.45, 2.75) is 38.6 Å². The first-order valence-electron chi connectivity index (χ1n) is 9.60. The van der Waals surface area contributed by atoms with Gasteiger partial charge < -0.3 is 24.2 Å². The number of carbonyl (C=O) groups excluding carboxylic acids is 1. The summed E-state index contributed by atoms with van der Waals surface area (Å²) in [6.45, 7) is 4.08. The summed E-state index contributed by atoms with van der Waals surface area (Å²) in [5, 5.41) is 8.80. The average molecular weight is 377 g/mol. The highest BCUT2D eigenvalue weighted by atomic mass is 16.5. The molecule has 0 aromatic heterocycles. The van der Waals surface area contributed by atoms with Crippen LogP contribution in [-0.2, 0) is 9.53 Å². The molecule has 1 atom stereocenters. The summed E-state index contributed by atoms with van der Waals surface area (Å²) in [6.07, 6.45) is 4.06. The second kappa shape index (κ2) is 9.08. The number of aliphatic carboxylic acids is 1. The van der Waals surface area contributed by atoms with Gasteiger partial charge in [0.1, 0.15) is 0 Å². The van der Waals surface area contributed by atoms with Crippen LogP contribution in [0.5, 0.6) is 11.5 Å². The van der Waals surface area contributed by atoms with Gasteiger partial charge in [0.05, 0.1) is 6.61 Å². The fourth-order valence-corrected chi connectivity index (χ4v) is 3.97. The normalized spacial score (nSPS) is 20.5. The molecule has 0 aliphatic carbocycles. The van der Waals surface area contributed by atoms with Gasteiger partial charge >= 0.3 is 5.97 Å². The van der Waals surface area contributed by atoms with E-state index >= 15 is 0 Å². The molecule has 148 valence electrons. The molecule has 1 N–H and O–H groups in total. The molecule has 0 radical (unpaired) electrons. The van der Waals surface area contributed by atoms with Crippen LogP contribution < -0.4 is 9.47 Å². The van der Waals surface area contributed by atoms with Gasteiger partial charge in [-0.2, -0.15) is 0 Å². The Morgan fingerprint density at radius 1 is 1.19 bits per heavy atom. The number of rotatable bonds is 7. The van der Waals surface area contributed by atoms with Crippen LogP contribution >= 0.6 is 0 Å². The summed E-state index contributed by atoms with van der Waals surface area (Å²) < 4.78 is 16.3. The average Bonchev–Trinajstić information content (AvgIpc) is 3.17. The van der Waals surface area contributed by atoms with Gasteiger partial charge in [0.25, 0.3) is 5.91 Å². The highest BCUT2D eigenvalue weighted by Crippen LogP contribution is 2.33. The lowest BCUT2D eigenvalue weighted by Crippen LogP contribution is -2.41. The lowest BCUT2D eigenvalue weighted by molar-refractivity contribution is -0.139. The van der Waals surface area contributed by atoms with Crippen molar-refractivity contribution >= 4 is 11.9 Å². The number of hydrogen-bond acceptors (Lipinski definition) is 5. The maximum absolute atomic E-state index is 13.1. The first kappa shape index (κ1) is 19.5. The summed E-state index contributed by atoms with van der Waals surface area (Å²) in [5.74, 6) is 0.156. The Morgan fingerprint density at radius 3 is 2.67 bits per heavy atom. The van der Waals surface area contributed by atoms with Crippen LogP contribution in [0.4, 0.5) is 0 Å². The van der Waals surface area contributed by atoms with E-state index in [1.807, 2.05) is 11.8 Å². The lowest BCUT2D eigenvalue weighted by Gasteiger charge is -2.34. The predicted octanol–water partition coefficient (Wildman–Crippen LogP) is 2.58. The van der Waals surface area contributed by atoms with Gasteiger partial charge in [-0.25, -0.2) is 4.79 Å². The molecule has 7 nitrogen and oxygen atoms in total. The molecule has 0 bridgehead atoms. The Hall–Kier alpha value is -2.28. The van der Waals surface area contributed by atoms with Crippen LogP contribution in [0.15, 0.2) is 18.2 Å². The highest BCUT2D eigenvalue weighted by Gasteiger charge is 2.36. The van der Waals surface area contributed by atoms with E-state index in [1.165, 1.54) is 0 Å². The quantitative estimate of drug-likeness (QED) is 0.786. The van der Waals surface area contributed by atoms with Gasteiger partial charge in [-0.1, -0.05) is 0 Å². The molecule has 3 rings (SSSR count). The first-order chi connectivity index (χ1) is 13.1. The largest absolute Gasteiger partial charge is 0.490 e. The number of nitrogens with zero attached hydrogens (tertiary/aromatic N) is 1. The zero-order chi connectivity index (χ0) is 19.2. The van der Waals surface area contributed by atoms with Crippen LogP contribution in [0.2, 0.25) is 0 Å². The van der Waals surface area contributed by atoms with Crippen LogP contribution in [0, 0.1) is 5.92 Å². The molecule has 2 saturated heterocycles. The molecule has 1 unspecified atom stereocenters. The zero-order valence-corrected chi connectivity index (χ0v) is 15.7. The van der Waals surface area contributed by atoms with E-state index in [9.17, 15) is 9.59 Å². The van der Waals surface area contributed by atoms with Crippen LogP contribution in [0.1, 0.15) is 43.0 Å². The minimum Gasteiger partial charge on any atom is -0.490 e. The Bertz CT molecular complexity index is 670. The fraction of sp³-hybridized carbons (Fsp3) is 0.600. The molecule has 2 fully saturated rings. The first-order valence-corrected chi connectivity index (χ1v) is 9.60. The molecular weight excluding hydrogens is 350 g/mol. The molecule has 7 heteroatoms. The van der Waals surface area contributed by atoms with Gasteiger partial charge in [-0.05, 0) is 56.7 Å².